The molecule has 0 bridgehead atoms. The van der Waals surface area contributed by atoms with Gasteiger partial charge in [0.25, 0.3) is 0 Å². The Kier molecular flexibility index (Phi) is 4.33. The van der Waals surface area contributed by atoms with Gasteiger partial charge in [0.15, 0.2) is 5.13 Å². The van der Waals surface area contributed by atoms with E-state index >= 15 is 0 Å². The number of thioether (sulfide) groups is 1. The zero-order chi connectivity index (χ0) is 13.0. The summed E-state index contributed by atoms with van der Waals surface area (Å²) in [7, 11) is 0. The molecule has 94 valence electrons. The number of carbonyl (C=O) groups is 1. The van der Waals surface area contributed by atoms with Gasteiger partial charge < -0.3 is 5.32 Å². The molecule has 1 heterocycles. The summed E-state index contributed by atoms with van der Waals surface area (Å²) in [6.45, 7) is 1.44. The van der Waals surface area contributed by atoms with Crippen molar-refractivity contribution in [3.05, 3.63) is 41.2 Å². The maximum atomic E-state index is 13.4. The van der Waals surface area contributed by atoms with Crippen molar-refractivity contribution in [2.75, 3.05) is 5.32 Å². The molecule has 0 radical (unpaired) electrons. The third-order valence-corrected chi connectivity index (χ3v) is 3.94. The standard InChI is InChI=1S/C12H11FN2OS2/c1-8(16)14-12-15-9(7-18-12)6-17-11-5-3-2-4-10(11)13/h2-5,7H,6H2,1H3,(H,14,15,16). The number of hydrogen-bond acceptors (Lipinski definition) is 4. The van der Waals surface area contributed by atoms with Gasteiger partial charge in [-0.1, -0.05) is 12.1 Å². The van der Waals surface area contributed by atoms with E-state index in [1.54, 1.807) is 18.2 Å². The first-order valence-electron chi connectivity index (χ1n) is 5.24. The van der Waals surface area contributed by atoms with E-state index < -0.39 is 0 Å². The largest absolute Gasteiger partial charge is 0.302 e. The number of nitrogens with zero attached hydrogens (tertiary/aromatic N) is 1. The molecule has 0 saturated carbocycles. The highest BCUT2D eigenvalue weighted by Gasteiger charge is 2.06. The van der Waals surface area contributed by atoms with Gasteiger partial charge in [0.2, 0.25) is 5.91 Å². The number of thiazole rings is 1. The summed E-state index contributed by atoms with van der Waals surface area (Å²) in [5.41, 5.74) is 0.831. The van der Waals surface area contributed by atoms with Gasteiger partial charge in [0.05, 0.1) is 5.69 Å². The Morgan fingerprint density at radius 3 is 3.00 bits per heavy atom. The van der Waals surface area contributed by atoms with Gasteiger partial charge >= 0.3 is 0 Å². The third kappa shape index (κ3) is 3.54. The quantitative estimate of drug-likeness (QED) is 0.872. The van der Waals surface area contributed by atoms with Crippen LogP contribution < -0.4 is 5.32 Å². The third-order valence-electron chi connectivity index (χ3n) is 2.05. The van der Waals surface area contributed by atoms with E-state index in [2.05, 4.69) is 10.3 Å². The van der Waals surface area contributed by atoms with Crippen molar-refractivity contribution in [1.82, 2.24) is 4.98 Å². The number of aromatic nitrogens is 1. The Morgan fingerprint density at radius 1 is 1.50 bits per heavy atom. The van der Waals surface area contributed by atoms with Crippen LogP contribution in [-0.2, 0) is 10.5 Å². The second kappa shape index (κ2) is 5.97. The number of nitrogens with one attached hydrogen (secondary N) is 1. The molecule has 2 rings (SSSR count). The molecule has 0 aliphatic carbocycles. The van der Waals surface area contributed by atoms with Gasteiger partial charge in [-0.2, -0.15) is 0 Å². The van der Waals surface area contributed by atoms with Crippen molar-refractivity contribution >= 4 is 34.1 Å². The summed E-state index contributed by atoms with van der Waals surface area (Å²) >= 11 is 2.76. The Bertz CT molecular complexity index is 557. The zero-order valence-corrected chi connectivity index (χ0v) is 11.3. The second-order valence-electron chi connectivity index (χ2n) is 3.54. The molecule has 1 N–H and O–H groups in total. The average molecular weight is 282 g/mol. The molecule has 18 heavy (non-hydrogen) atoms. The maximum absolute atomic E-state index is 13.4. The Balaban J connectivity index is 1.96. The summed E-state index contributed by atoms with van der Waals surface area (Å²) in [4.78, 5) is 15.7. The molecule has 0 unspecified atom stereocenters. The van der Waals surface area contributed by atoms with Crippen LogP contribution in [-0.4, -0.2) is 10.9 Å². The number of anilines is 1. The minimum atomic E-state index is -0.222. The molecule has 0 spiro atoms. The number of carbonyl (C=O) groups excluding carboxylic acids is 1. The highest BCUT2D eigenvalue weighted by Crippen LogP contribution is 2.26. The lowest BCUT2D eigenvalue weighted by atomic mass is 10.3. The molecular weight excluding hydrogens is 271 g/mol. The lowest BCUT2D eigenvalue weighted by Crippen LogP contribution is -2.05. The van der Waals surface area contributed by atoms with Crippen LogP contribution >= 0.6 is 23.1 Å². The second-order valence-corrected chi connectivity index (χ2v) is 5.42. The van der Waals surface area contributed by atoms with E-state index in [1.165, 1.54) is 36.1 Å². The van der Waals surface area contributed by atoms with Crippen molar-refractivity contribution in [2.45, 2.75) is 17.6 Å². The first-order chi connectivity index (χ1) is 8.65. The first-order valence-corrected chi connectivity index (χ1v) is 7.11. The lowest BCUT2D eigenvalue weighted by molar-refractivity contribution is -0.114. The van der Waals surface area contributed by atoms with Crippen molar-refractivity contribution in [3.8, 4) is 0 Å². The fraction of sp³-hybridized carbons (Fsp3) is 0.167. The highest BCUT2D eigenvalue weighted by atomic mass is 32.2. The fourth-order valence-electron chi connectivity index (χ4n) is 1.29. The van der Waals surface area contributed by atoms with Crippen LogP contribution in [0.3, 0.4) is 0 Å². The van der Waals surface area contributed by atoms with E-state index in [4.69, 9.17) is 0 Å². The zero-order valence-electron chi connectivity index (χ0n) is 9.64. The molecule has 2 aromatic rings. The minimum absolute atomic E-state index is 0.141. The van der Waals surface area contributed by atoms with E-state index in [0.29, 0.717) is 15.8 Å². The van der Waals surface area contributed by atoms with Gasteiger partial charge in [-0.05, 0) is 12.1 Å². The number of rotatable bonds is 4. The van der Waals surface area contributed by atoms with E-state index in [9.17, 15) is 9.18 Å². The van der Waals surface area contributed by atoms with Crippen molar-refractivity contribution in [2.24, 2.45) is 0 Å². The van der Waals surface area contributed by atoms with Crippen LogP contribution in [0.15, 0.2) is 34.5 Å². The monoisotopic (exact) mass is 282 g/mol. The summed E-state index contributed by atoms with van der Waals surface area (Å²) in [6, 6.07) is 6.64. The van der Waals surface area contributed by atoms with Gasteiger partial charge in [-0.15, -0.1) is 23.1 Å². The molecule has 0 fully saturated rings. The summed E-state index contributed by atoms with van der Waals surface area (Å²) < 4.78 is 13.4. The highest BCUT2D eigenvalue weighted by molar-refractivity contribution is 7.98. The first kappa shape index (κ1) is 13.0. The molecule has 1 amide bonds. The minimum Gasteiger partial charge on any atom is -0.302 e. The fourth-order valence-corrected chi connectivity index (χ4v) is 2.99. The molecule has 0 aliphatic heterocycles. The van der Waals surface area contributed by atoms with Crippen LogP contribution in [0.5, 0.6) is 0 Å². The van der Waals surface area contributed by atoms with Crippen LogP contribution in [0, 0.1) is 5.82 Å². The summed E-state index contributed by atoms with van der Waals surface area (Å²) in [6.07, 6.45) is 0. The molecule has 6 heteroatoms. The Labute approximate surface area is 112 Å². The van der Waals surface area contributed by atoms with Crippen LogP contribution in [0.2, 0.25) is 0 Å². The van der Waals surface area contributed by atoms with E-state index in [-0.39, 0.29) is 11.7 Å². The van der Waals surface area contributed by atoms with Crippen LogP contribution in [0.25, 0.3) is 0 Å². The van der Waals surface area contributed by atoms with Gasteiger partial charge in [0.1, 0.15) is 5.82 Å². The molecule has 0 saturated heterocycles. The smallest absolute Gasteiger partial charge is 0.223 e. The van der Waals surface area contributed by atoms with E-state index in [1.807, 2.05) is 5.38 Å². The predicted octanol–water partition coefficient (Wildman–Crippen LogP) is 3.53. The number of benzene rings is 1. The van der Waals surface area contributed by atoms with Crippen molar-refractivity contribution < 1.29 is 9.18 Å². The van der Waals surface area contributed by atoms with Crippen LogP contribution in [0.1, 0.15) is 12.6 Å². The van der Waals surface area contributed by atoms with Crippen molar-refractivity contribution in [1.29, 1.82) is 0 Å². The molecule has 0 atom stereocenters. The SMILES string of the molecule is CC(=O)Nc1nc(CSc2ccccc2F)cs1. The topological polar surface area (TPSA) is 42.0 Å². The molecule has 1 aromatic heterocycles. The maximum Gasteiger partial charge on any atom is 0.223 e. The lowest BCUT2D eigenvalue weighted by Gasteiger charge is -2.00. The van der Waals surface area contributed by atoms with Gasteiger partial charge in [-0.25, -0.2) is 9.37 Å². The molecule has 3 nitrogen and oxygen atoms in total. The number of halogens is 1. The predicted molar refractivity (Wildman–Crippen MR) is 72.4 cm³/mol. The van der Waals surface area contributed by atoms with Gasteiger partial charge in [-0.3, -0.25) is 4.79 Å². The summed E-state index contributed by atoms with van der Waals surface area (Å²) in [5, 5.41) is 5.06. The normalized spacial score (nSPS) is 10.3. The van der Waals surface area contributed by atoms with Gasteiger partial charge in [0, 0.05) is 23.0 Å². The molecule has 0 aliphatic rings. The average Bonchev–Trinajstić information content (AvgIpc) is 2.75. The van der Waals surface area contributed by atoms with Crippen molar-refractivity contribution in [3.63, 3.8) is 0 Å². The molecule has 1 aromatic carbocycles. The van der Waals surface area contributed by atoms with Crippen LogP contribution in [0.4, 0.5) is 9.52 Å². The Hall–Kier alpha value is -1.40. The van der Waals surface area contributed by atoms with E-state index in [0.717, 1.165) is 5.69 Å². The number of hydrogen-bond donors (Lipinski definition) is 1. The summed E-state index contributed by atoms with van der Waals surface area (Å²) in [5.74, 6) is 0.217. The number of amides is 1. The molecular formula is C12H11FN2OS2. The Morgan fingerprint density at radius 2 is 2.28 bits per heavy atom.